The molecule has 1 N–H and O–H groups in total. The first-order valence-electron chi connectivity index (χ1n) is 10.9. The van der Waals surface area contributed by atoms with E-state index < -0.39 is 29.8 Å². The Kier molecular flexibility index (Phi) is 5.73. The van der Waals surface area contributed by atoms with E-state index in [-0.39, 0.29) is 5.69 Å². The first-order valence-corrected chi connectivity index (χ1v) is 11.7. The molecule has 9 heteroatoms. The number of aromatic nitrogens is 2. The Hall–Kier alpha value is -3.46. The predicted molar refractivity (Wildman–Crippen MR) is 126 cm³/mol. The van der Waals surface area contributed by atoms with Gasteiger partial charge in [0.2, 0.25) is 5.91 Å². The number of halogens is 3. The number of para-hydroxylation sites is 1. The lowest BCUT2D eigenvalue weighted by Crippen LogP contribution is -2.28. The summed E-state index contributed by atoms with van der Waals surface area (Å²) in [6.45, 7) is -0.451. The number of nitrogens with zero attached hydrogens (tertiary/aromatic N) is 2. The number of aryl methyl sites for hydroxylation is 2. The molecule has 0 radical (unpaired) electrons. The number of carbonyl (C=O) groups excluding carboxylic acids is 1. The first-order chi connectivity index (χ1) is 16.3. The Balaban J connectivity index is 1.45. The van der Waals surface area contributed by atoms with Gasteiger partial charge in [0.05, 0.1) is 23.0 Å². The molecule has 2 aromatic carbocycles. The molecule has 0 atom stereocenters. The van der Waals surface area contributed by atoms with Crippen LogP contribution in [0.2, 0.25) is 0 Å². The van der Waals surface area contributed by atoms with Gasteiger partial charge >= 0.3 is 6.18 Å². The van der Waals surface area contributed by atoms with Crippen LogP contribution in [0, 0.1) is 0 Å². The summed E-state index contributed by atoms with van der Waals surface area (Å²) < 4.78 is 40.8. The molecule has 174 valence electrons. The van der Waals surface area contributed by atoms with Crippen molar-refractivity contribution >= 4 is 33.1 Å². The lowest BCUT2D eigenvalue weighted by molar-refractivity contribution is -0.137. The average Bonchev–Trinajstić information content (AvgIpc) is 3.25. The van der Waals surface area contributed by atoms with Crippen molar-refractivity contribution in [2.24, 2.45) is 0 Å². The first kappa shape index (κ1) is 22.3. The maximum Gasteiger partial charge on any atom is 0.418 e. The minimum Gasteiger partial charge on any atom is -0.324 e. The Morgan fingerprint density at radius 3 is 2.65 bits per heavy atom. The molecule has 2 aromatic heterocycles. The summed E-state index contributed by atoms with van der Waals surface area (Å²) in [5.74, 6) is -0.745. The molecule has 0 unspecified atom stereocenters. The lowest BCUT2D eigenvalue weighted by atomic mass is 9.89. The standard InChI is InChI=1S/C25H20F3N3O2S/c26-25(27,28)19-7-3-4-8-20(19)30-21(32)12-31-14-29-23-22(24(31)33)18(13-34-23)17-10-9-15-5-1-2-6-16(15)11-17/h3-4,7-11,13-14H,1-2,5-6,12H2,(H,30,32). The van der Waals surface area contributed by atoms with Crippen LogP contribution in [0.15, 0.2) is 59.0 Å². The number of hydrogen-bond acceptors (Lipinski definition) is 4. The summed E-state index contributed by atoms with van der Waals surface area (Å²) in [6, 6.07) is 11.0. The third-order valence-corrected chi connectivity index (χ3v) is 6.93. The largest absolute Gasteiger partial charge is 0.418 e. The molecule has 5 rings (SSSR count). The fraction of sp³-hybridized carbons (Fsp3) is 0.240. The SMILES string of the molecule is O=C(Cn1cnc2scc(-c3ccc4c(c3)CCCC4)c2c1=O)Nc1ccccc1C(F)(F)F. The molecule has 5 nitrogen and oxygen atoms in total. The number of amides is 1. The van der Waals surface area contributed by atoms with Gasteiger partial charge in [-0.15, -0.1) is 11.3 Å². The number of anilines is 1. The van der Waals surface area contributed by atoms with Crippen molar-refractivity contribution < 1.29 is 18.0 Å². The molecule has 0 bridgehead atoms. The summed E-state index contributed by atoms with van der Waals surface area (Å²) in [6.07, 6.45) is 1.03. The van der Waals surface area contributed by atoms with E-state index in [1.54, 1.807) is 0 Å². The minimum atomic E-state index is -4.61. The van der Waals surface area contributed by atoms with E-state index in [1.165, 1.54) is 53.4 Å². The second-order valence-electron chi connectivity index (χ2n) is 8.29. The van der Waals surface area contributed by atoms with Crippen molar-refractivity contribution in [1.82, 2.24) is 9.55 Å². The number of nitrogens with one attached hydrogen (secondary N) is 1. The van der Waals surface area contributed by atoms with Gasteiger partial charge in [0.25, 0.3) is 5.56 Å². The van der Waals surface area contributed by atoms with Crippen LogP contribution < -0.4 is 10.9 Å². The van der Waals surface area contributed by atoms with E-state index >= 15 is 0 Å². The quantitative estimate of drug-likeness (QED) is 0.407. The third kappa shape index (κ3) is 4.23. The number of thiophene rings is 1. The number of carbonyl (C=O) groups is 1. The average molecular weight is 484 g/mol. The summed E-state index contributed by atoms with van der Waals surface area (Å²) in [4.78, 5) is 30.7. The van der Waals surface area contributed by atoms with Gasteiger partial charge in [0, 0.05) is 10.9 Å². The topological polar surface area (TPSA) is 64.0 Å². The molecule has 2 heterocycles. The van der Waals surface area contributed by atoms with Crippen molar-refractivity contribution in [3.63, 3.8) is 0 Å². The number of fused-ring (bicyclic) bond motifs is 2. The zero-order chi connectivity index (χ0) is 23.9. The van der Waals surface area contributed by atoms with Gasteiger partial charge in [0.15, 0.2) is 0 Å². The molecular weight excluding hydrogens is 463 g/mol. The monoisotopic (exact) mass is 483 g/mol. The van der Waals surface area contributed by atoms with Crippen molar-refractivity contribution in [2.75, 3.05) is 5.32 Å². The van der Waals surface area contributed by atoms with Gasteiger partial charge in [0.1, 0.15) is 11.4 Å². The summed E-state index contributed by atoms with van der Waals surface area (Å²) in [5.41, 5.74) is 2.59. The Labute approximate surface area is 196 Å². The Bertz CT molecular complexity index is 1460. The maximum absolute atomic E-state index is 13.3. The maximum atomic E-state index is 13.3. The molecule has 0 saturated carbocycles. The van der Waals surface area contributed by atoms with Crippen LogP contribution in [0.25, 0.3) is 21.3 Å². The van der Waals surface area contributed by atoms with Crippen LogP contribution in [-0.2, 0) is 30.4 Å². The minimum absolute atomic E-state index is 0.354. The second-order valence-corrected chi connectivity index (χ2v) is 9.15. The van der Waals surface area contributed by atoms with E-state index in [1.807, 2.05) is 11.4 Å². The normalized spacial score (nSPS) is 13.6. The fourth-order valence-electron chi connectivity index (χ4n) is 4.38. The number of benzene rings is 2. The van der Waals surface area contributed by atoms with Gasteiger partial charge in [-0.1, -0.05) is 30.3 Å². The van der Waals surface area contributed by atoms with Crippen molar-refractivity contribution in [3.05, 3.63) is 81.2 Å². The van der Waals surface area contributed by atoms with Crippen LogP contribution >= 0.6 is 11.3 Å². The predicted octanol–water partition coefficient (Wildman–Crippen LogP) is 5.66. The highest BCUT2D eigenvalue weighted by Gasteiger charge is 2.33. The van der Waals surface area contributed by atoms with Gasteiger partial charge < -0.3 is 5.32 Å². The van der Waals surface area contributed by atoms with Crippen LogP contribution in [-0.4, -0.2) is 15.5 Å². The van der Waals surface area contributed by atoms with Crippen LogP contribution in [0.3, 0.4) is 0 Å². The third-order valence-electron chi connectivity index (χ3n) is 6.04. The van der Waals surface area contributed by atoms with E-state index in [0.717, 1.165) is 41.0 Å². The van der Waals surface area contributed by atoms with Crippen molar-refractivity contribution in [3.8, 4) is 11.1 Å². The molecule has 1 amide bonds. The molecule has 0 spiro atoms. The molecule has 0 aliphatic heterocycles. The molecule has 4 aromatic rings. The number of alkyl halides is 3. The number of rotatable bonds is 4. The molecular formula is C25H20F3N3O2S. The van der Waals surface area contributed by atoms with Gasteiger partial charge in [-0.3, -0.25) is 14.2 Å². The Morgan fingerprint density at radius 2 is 1.85 bits per heavy atom. The zero-order valence-electron chi connectivity index (χ0n) is 18.0. The number of hydrogen-bond donors (Lipinski definition) is 1. The van der Waals surface area contributed by atoms with E-state index in [2.05, 4.69) is 22.4 Å². The van der Waals surface area contributed by atoms with Gasteiger partial charge in [-0.2, -0.15) is 13.2 Å². The van der Waals surface area contributed by atoms with Crippen LogP contribution in [0.5, 0.6) is 0 Å². The van der Waals surface area contributed by atoms with Crippen LogP contribution in [0.1, 0.15) is 29.5 Å². The molecule has 1 aliphatic rings. The fourth-order valence-corrected chi connectivity index (χ4v) is 5.28. The van der Waals surface area contributed by atoms with Crippen LogP contribution in [0.4, 0.5) is 18.9 Å². The van der Waals surface area contributed by atoms with E-state index in [9.17, 15) is 22.8 Å². The highest BCUT2D eigenvalue weighted by Crippen LogP contribution is 2.35. The molecule has 34 heavy (non-hydrogen) atoms. The molecule has 0 fully saturated rings. The second kappa shape index (κ2) is 8.72. The lowest BCUT2D eigenvalue weighted by Gasteiger charge is -2.16. The van der Waals surface area contributed by atoms with E-state index in [4.69, 9.17) is 0 Å². The smallest absolute Gasteiger partial charge is 0.324 e. The van der Waals surface area contributed by atoms with E-state index in [0.29, 0.717) is 10.2 Å². The highest BCUT2D eigenvalue weighted by atomic mass is 32.1. The Morgan fingerprint density at radius 1 is 1.09 bits per heavy atom. The highest BCUT2D eigenvalue weighted by molar-refractivity contribution is 7.17. The zero-order valence-corrected chi connectivity index (χ0v) is 18.8. The van der Waals surface area contributed by atoms with Crippen molar-refractivity contribution in [2.45, 2.75) is 38.4 Å². The summed E-state index contributed by atoms with van der Waals surface area (Å²) >= 11 is 1.35. The molecule has 1 aliphatic carbocycles. The van der Waals surface area contributed by atoms with Gasteiger partial charge in [-0.25, -0.2) is 4.98 Å². The van der Waals surface area contributed by atoms with Crippen molar-refractivity contribution in [1.29, 1.82) is 0 Å². The summed E-state index contributed by atoms with van der Waals surface area (Å²) in [7, 11) is 0. The molecule has 0 saturated heterocycles. The summed E-state index contributed by atoms with van der Waals surface area (Å²) in [5, 5.41) is 4.56. The van der Waals surface area contributed by atoms with Gasteiger partial charge in [-0.05, 0) is 54.5 Å².